The van der Waals surface area contributed by atoms with E-state index < -0.39 is 0 Å². The predicted octanol–water partition coefficient (Wildman–Crippen LogP) is 4.92. The molecule has 2 rings (SSSR count). The maximum atomic E-state index is 6.41. The third-order valence-corrected chi connectivity index (χ3v) is 3.99. The molecule has 0 atom stereocenters. The van der Waals surface area contributed by atoms with Crippen molar-refractivity contribution in [1.82, 2.24) is 5.32 Å². The molecule has 0 amide bonds. The van der Waals surface area contributed by atoms with Gasteiger partial charge in [-0.3, -0.25) is 0 Å². The average molecular weight is 303 g/mol. The number of para-hydroxylation sites is 1. The van der Waals surface area contributed by atoms with Gasteiger partial charge in [0.25, 0.3) is 0 Å². The number of benzene rings is 2. The van der Waals surface area contributed by atoms with Crippen molar-refractivity contribution in [3.05, 3.63) is 58.6 Å². The summed E-state index contributed by atoms with van der Waals surface area (Å²) in [6.07, 6.45) is 1.13. The fourth-order valence-corrected chi connectivity index (χ4v) is 2.61. The molecule has 0 saturated heterocycles. The molecule has 0 saturated carbocycles. The zero-order valence-corrected chi connectivity index (χ0v) is 13.7. The lowest BCUT2D eigenvalue weighted by Gasteiger charge is -2.22. The normalized spacial score (nSPS) is 10.7. The molecule has 0 aliphatic heterocycles. The lowest BCUT2D eigenvalue weighted by atomic mass is 10.1. The number of anilines is 2. The molecule has 112 valence electrons. The molecule has 21 heavy (non-hydrogen) atoms. The molecular weight excluding hydrogens is 280 g/mol. The SMILES string of the molecule is CCCNCc1ccc(N(C)c2ccccc2C)cc1Cl. The number of nitrogens with zero attached hydrogens (tertiary/aromatic N) is 1. The predicted molar refractivity (Wildman–Crippen MR) is 92.7 cm³/mol. The van der Waals surface area contributed by atoms with Gasteiger partial charge in [-0.1, -0.05) is 42.8 Å². The van der Waals surface area contributed by atoms with Crippen LogP contribution in [0.4, 0.5) is 11.4 Å². The van der Waals surface area contributed by atoms with Crippen LogP contribution in [0.1, 0.15) is 24.5 Å². The summed E-state index contributed by atoms with van der Waals surface area (Å²) < 4.78 is 0. The van der Waals surface area contributed by atoms with E-state index in [9.17, 15) is 0 Å². The maximum absolute atomic E-state index is 6.41. The van der Waals surface area contributed by atoms with E-state index in [1.165, 1.54) is 11.3 Å². The molecule has 0 bridgehead atoms. The minimum absolute atomic E-state index is 0.816. The van der Waals surface area contributed by atoms with Crippen molar-refractivity contribution in [2.24, 2.45) is 0 Å². The molecular formula is C18H23ClN2. The van der Waals surface area contributed by atoms with Crippen molar-refractivity contribution >= 4 is 23.0 Å². The number of halogens is 1. The second-order valence-corrected chi connectivity index (χ2v) is 5.71. The summed E-state index contributed by atoms with van der Waals surface area (Å²) in [6, 6.07) is 14.6. The summed E-state index contributed by atoms with van der Waals surface area (Å²) >= 11 is 6.41. The van der Waals surface area contributed by atoms with Crippen LogP contribution in [0.2, 0.25) is 5.02 Å². The minimum atomic E-state index is 0.816. The third kappa shape index (κ3) is 3.99. The molecule has 0 aliphatic carbocycles. The smallest absolute Gasteiger partial charge is 0.0471 e. The molecule has 0 heterocycles. The highest BCUT2D eigenvalue weighted by Crippen LogP contribution is 2.29. The summed E-state index contributed by atoms with van der Waals surface area (Å²) in [5.74, 6) is 0. The summed E-state index contributed by atoms with van der Waals surface area (Å²) in [4.78, 5) is 2.17. The van der Waals surface area contributed by atoms with Crippen molar-refractivity contribution in [2.45, 2.75) is 26.8 Å². The van der Waals surface area contributed by atoms with Gasteiger partial charge in [-0.15, -0.1) is 0 Å². The van der Waals surface area contributed by atoms with Crippen molar-refractivity contribution in [2.75, 3.05) is 18.5 Å². The van der Waals surface area contributed by atoms with Gasteiger partial charge >= 0.3 is 0 Å². The highest BCUT2D eigenvalue weighted by Gasteiger charge is 2.08. The largest absolute Gasteiger partial charge is 0.344 e. The van der Waals surface area contributed by atoms with Crippen LogP contribution in [-0.4, -0.2) is 13.6 Å². The first-order valence-electron chi connectivity index (χ1n) is 7.42. The molecule has 2 aromatic carbocycles. The Balaban J connectivity index is 2.18. The highest BCUT2D eigenvalue weighted by atomic mass is 35.5. The minimum Gasteiger partial charge on any atom is -0.344 e. The zero-order valence-electron chi connectivity index (χ0n) is 13.0. The maximum Gasteiger partial charge on any atom is 0.0471 e. The summed E-state index contributed by atoms with van der Waals surface area (Å²) in [6.45, 7) is 6.12. The van der Waals surface area contributed by atoms with Crippen LogP contribution < -0.4 is 10.2 Å². The van der Waals surface area contributed by atoms with Gasteiger partial charge in [0.1, 0.15) is 0 Å². The van der Waals surface area contributed by atoms with E-state index in [1.807, 2.05) is 6.07 Å². The van der Waals surface area contributed by atoms with Crippen LogP contribution in [0.25, 0.3) is 0 Å². The van der Waals surface area contributed by atoms with Gasteiger partial charge in [0.2, 0.25) is 0 Å². The first kappa shape index (κ1) is 15.9. The molecule has 3 heteroatoms. The summed E-state index contributed by atoms with van der Waals surface area (Å²) in [5, 5.41) is 4.20. The van der Waals surface area contributed by atoms with Crippen molar-refractivity contribution in [3.8, 4) is 0 Å². The van der Waals surface area contributed by atoms with Gasteiger partial charge in [0, 0.05) is 30.0 Å². The number of rotatable bonds is 6. The Labute approximate surface area is 132 Å². The van der Waals surface area contributed by atoms with Gasteiger partial charge < -0.3 is 10.2 Å². The van der Waals surface area contributed by atoms with E-state index in [0.29, 0.717) is 0 Å². The van der Waals surface area contributed by atoms with Crippen molar-refractivity contribution < 1.29 is 0 Å². The van der Waals surface area contributed by atoms with E-state index in [-0.39, 0.29) is 0 Å². The van der Waals surface area contributed by atoms with Gasteiger partial charge in [-0.05, 0) is 49.2 Å². The highest BCUT2D eigenvalue weighted by molar-refractivity contribution is 6.31. The zero-order chi connectivity index (χ0) is 15.2. The number of hydrogen-bond acceptors (Lipinski definition) is 2. The Morgan fingerprint density at radius 2 is 1.90 bits per heavy atom. The van der Waals surface area contributed by atoms with Gasteiger partial charge in [-0.2, -0.15) is 0 Å². The van der Waals surface area contributed by atoms with Crippen LogP contribution in [-0.2, 0) is 6.54 Å². The number of hydrogen-bond donors (Lipinski definition) is 1. The van der Waals surface area contributed by atoms with Crippen LogP contribution in [0.3, 0.4) is 0 Å². The Bertz CT molecular complexity index is 596. The van der Waals surface area contributed by atoms with Gasteiger partial charge in [-0.25, -0.2) is 0 Å². The first-order chi connectivity index (χ1) is 10.1. The first-order valence-corrected chi connectivity index (χ1v) is 7.79. The average Bonchev–Trinajstić information content (AvgIpc) is 2.49. The number of nitrogens with one attached hydrogen (secondary N) is 1. The fraction of sp³-hybridized carbons (Fsp3) is 0.333. The Morgan fingerprint density at radius 3 is 2.57 bits per heavy atom. The van der Waals surface area contributed by atoms with Crippen LogP contribution in [0.5, 0.6) is 0 Å². The Hall–Kier alpha value is -1.51. The second-order valence-electron chi connectivity index (χ2n) is 5.30. The van der Waals surface area contributed by atoms with E-state index in [1.54, 1.807) is 0 Å². The monoisotopic (exact) mass is 302 g/mol. The lowest BCUT2D eigenvalue weighted by molar-refractivity contribution is 0.675. The molecule has 0 aromatic heterocycles. The molecule has 0 unspecified atom stereocenters. The summed E-state index contributed by atoms with van der Waals surface area (Å²) in [5.41, 5.74) is 4.70. The van der Waals surface area contributed by atoms with Crippen LogP contribution >= 0.6 is 11.6 Å². The topological polar surface area (TPSA) is 15.3 Å². The Kier molecular flexibility index (Phi) is 5.66. The van der Waals surface area contributed by atoms with Crippen LogP contribution in [0.15, 0.2) is 42.5 Å². The fourth-order valence-electron chi connectivity index (χ4n) is 2.37. The molecule has 0 aliphatic rings. The lowest BCUT2D eigenvalue weighted by Crippen LogP contribution is -2.15. The molecule has 0 fully saturated rings. The van der Waals surface area contributed by atoms with E-state index in [0.717, 1.165) is 35.8 Å². The van der Waals surface area contributed by atoms with E-state index in [2.05, 4.69) is 67.5 Å². The number of aryl methyl sites for hydroxylation is 1. The quantitative estimate of drug-likeness (QED) is 0.762. The molecule has 0 spiro atoms. The van der Waals surface area contributed by atoms with Crippen molar-refractivity contribution in [3.63, 3.8) is 0 Å². The van der Waals surface area contributed by atoms with E-state index >= 15 is 0 Å². The molecule has 2 nitrogen and oxygen atoms in total. The van der Waals surface area contributed by atoms with Crippen LogP contribution in [0, 0.1) is 6.92 Å². The molecule has 2 aromatic rings. The van der Waals surface area contributed by atoms with Crippen molar-refractivity contribution in [1.29, 1.82) is 0 Å². The van der Waals surface area contributed by atoms with Gasteiger partial charge in [0.05, 0.1) is 0 Å². The van der Waals surface area contributed by atoms with Gasteiger partial charge in [0.15, 0.2) is 0 Å². The second kappa shape index (κ2) is 7.48. The van der Waals surface area contributed by atoms with E-state index in [4.69, 9.17) is 11.6 Å². The Morgan fingerprint density at radius 1 is 1.14 bits per heavy atom. The summed E-state index contributed by atoms with van der Waals surface area (Å²) in [7, 11) is 2.07. The third-order valence-electron chi connectivity index (χ3n) is 3.64. The molecule has 0 radical (unpaired) electrons. The standard InChI is InChI=1S/C18H23ClN2/c1-4-11-20-13-15-9-10-16(12-17(15)19)21(3)18-8-6-5-7-14(18)2/h5-10,12,20H,4,11,13H2,1-3H3. The molecule has 1 N–H and O–H groups in total.